The topological polar surface area (TPSA) is 46.6 Å². The molecule has 1 atom stereocenters. The molecule has 0 N–H and O–H groups in total. The molecule has 0 radical (unpaired) electrons. The van der Waals surface area contributed by atoms with E-state index in [2.05, 4.69) is 18.7 Å². The molecule has 21 heavy (non-hydrogen) atoms. The third-order valence-electron chi connectivity index (χ3n) is 4.28. The lowest BCUT2D eigenvalue weighted by Crippen LogP contribution is -2.51. The summed E-state index contributed by atoms with van der Waals surface area (Å²) >= 11 is 0. The van der Waals surface area contributed by atoms with Crippen molar-refractivity contribution in [3.05, 3.63) is 47.5 Å². The van der Waals surface area contributed by atoms with E-state index < -0.39 is 15.6 Å². The number of sulfonamides is 1. The average molecular weight is 307 g/mol. The van der Waals surface area contributed by atoms with Crippen LogP contribution in [0, 0.1) is 0 Å². The maximum atomic E-state index is 12.5. The van der Waals surface area contributed by atoms with Crippen molar-refractivity contribution in [2.75, 3.05) is 25.4 Å². The summed E-state index contributed by atoms with van der Waals surface area (Å²) in [4.78, 5) is 0. The zero-order valence-corrected chi connectivity index (χ0v) is 13.2. The first-order valence-electron chi connectivity index (χ1n) is 7.27. The highest BCUT2D eigenvalue weighted by Crippen LogP contribution is 2.42. The number of rotatable bonds is 3. The predicted octanol–water partition coefficient (Wildman–Crippen LogP) is 2.07. The van der Waals surface area contributed by atoms with Gasteiger partial charge >= 0.3 is 0 Å². The molecule has 3 rings (SSSR count). The fourth-order valence-corrected chi connectivity index (χ4v) is 4.92. The van der Waals surface area contributed by atoms with Gasteiger partial charge in [-0.25, -0.2) is 8.42 Å². The minimum absolute atomic E-state index is 0.0186. The molecular weight excluding hydrogens is 286 g/mol. The zero-order chi connectivity index (χ0) is 15.1. The Bertz CT molecular complexity index is 664. The van der Waals surface area contributed by atoms with Gasteiger partial charge in [-0.3, -0.25) is 0 Å². The van der Waals surface area contributed by atoms with Crippen molar-refractivity contribution in [3.8, 4) is 0 Å². The van der Waals surface area contributed by atoms with Crippen molar-refractivity contribution in [2.45, 2.75) is 25.4 Å². The Morgan fingerprint density at radius 2 is 2.19 bits per heavy atom. The van der Waals surface area contributed by atoms with E-state index in [1.807, 2.05) is 12.1 Å². The van der Waals surface area contributed by atoms with Crippen LogP contribution in [0.4, 0.5) is 0 Å². The highest BCUT2D eigenvalue weighted by molar-refractivity contribution is 7.89. The minimum atomic E-state index is -3.29. The second-order valence-corrected chi connectivity index (χ2v) is 8.02. The van der Waals surface area contributed by atoms with Crippen molar-refractivity contribution in [3.63, 3.8) is 0 Å². The quantitative estimate of drug-likeness (QED) is 0.803. The molecule has 1 heterocycles. The Balaban J connectivity index is 1.89. The molecule has 1 aromatic carbocycles. The molecule has 1 aromatic rings. The second kappa shape index (κ2) is 5.23. The Morgan fingerprint density at radius 1 is 1.43 bits per heavy atom. The largest absolute Gasteiger partial charge is 0.368 e. The van der Waals surface area contributed by atoms with E-state index in [-0.39, 0.29) is 5.75 Å². The minimum Gasteiger partial charge on any atom is -0.368 e. The van der Waals surface area contributed by atoms with Crippen molar-refractivity contribution in [1.29, 1.82) is 0 Å². The van der Waals surface area contributed by atoms with Gasteiger partial charge in [0.1, 0.15) is 5.60 Å². The van der Waals surface area contributed by atoms with Crippen LogP contribution in [0.5, 0.6) is 0 Å². The number of morpholine rings is 1. The molecule has 0 saturated carbocycles. The van der Waals surface area contributed by atoms with Crippen LogP contribution in [-0.2, 0) is 26.8 Å². The van der Waals surface area contributed by atoms with Gasteiger partial charge in [-0.1, -0.05) is 36.4 Å². The summed E-state index contributed by atoms with van der Waals surface area (Å²) in [5.74, 6) is 0.0186. The summed E-state index contributed by atoms with van der Waals surface area (Å²) < 4.78 is 32.5. The molecule has 0 aromatic heterocycles. The number of hydrogen-bond donors (Lipinski definition) is 0. The van der Waals surface area contributed by atoms with E-state index in [4.69, 9.17) is 4.74 Å². The number of ether oxygens (including phenoxy) is 1. The molecule has 114 valence electrons. The van der Waals surface area contributed by atoms with Crippen molar-refractivity contribution < 1.29 is 13.2 Å². The molecule has 4 nitrogen and oxygen atoms in total. The molecule has 1 fully saturated rings. The molecule has 0 bridgehead atoms. The molecule has 1 unspecified atom stereocenters. The molecule has 2 aliphatic rings. The predicted molar refractivity (Wildman–Crippen MR) is 82.6 cm³/mol. The van der Waals surface area contributed by atoms with Crippen LogP contribution in [0.3, 0.4) is 0 Å². The lowest BCUT2D eigenvalue weighted by atomic mass is 9.94. The van der Waals surface area contributed by atoms with Crippen LogP contribution >= 0.6 is 0 Å². The van der Waals surface area contributed by atoms with Gasteiger partial charge in [-0.15, -0.1) is 0 Å². The van der Waals surface area contributed by atoms with E-state index in [1.165, 1.54) is 5.56 Å². The smallest absolute Gasteiger partial charge is 0.218 e. The normalized spacial score (nSPS) is 26.0. The van der Waals surface area contributed by atoms with Crippen molar-refractivity contribution >= 4 is 10.0 Å². The number of fused-ring (bicyclic) bond motifs is 2. The van der Waals surface area contributed by atoms with Gasteiger partial charge in [0.2, 0.25) is 10.0 Å². The van der Waals surface area contributed by atoms with Gasteiger partial charge in [0, 0.05) is 13.1 Å². The van der Waals surface area contributed by atoms with E-state index >= 15 is 0 Å². The average Bonchev–Trinajstić information content (AvgIpc) is 2.77. The Morgan fingerprint density at radius 3 is 2.95 bits per heavy atom. The van der Waals surface area contributed by atoms with E-state index in [9.17, 15) is 8.42 Å². The monoisotopic (exact) mass is 307 g/mol. The van der Waals surface area contributed by atoms with Crippen LogP contribution in [0.1, 0.15) is 24.5 Å². The van der Waals surface area contributed by atoms with Gasteiger partial charge in [-0.05, 0) is 30.9 Å². The van der Waals surface area contributed by atoms with Crippen molar-refractivity contribution in [1.82, 2.24) is 4.31 Å². The molecule has 1 spiro atoms. The van der Waals surface area contributed by atoms with E-state index in [0.717, 1.165) is 18.4 Å². The summed E-state index contributed by atoms with van der Waals surface area (Å²) in [6, 6.07) is 8.19. The van der Waals surface area contributed by atoms with Crippen LogP contribution < -0.4 is 0 Å². The van der Waals surface area contributed by atoms with E-state index in [1.54, 1.807) is 11.2 Å². The lowest BCUT2D eigenvalue weighted by molar-refractivity contribution is -0.0932. The molecule has 1 aliphatic carbocycles. The fourth-order valence-electron chi connectivity index (χ4n) is 3.36. The lowest BCUT2D eigenvalue weighted by Gasteiger charge is -2.40. The van der Waals surface area contributed by atoms with Crippen LogP contribution in [-0.4, -0.2) is 38.2 Å². The summed E-state index contributed by atoms with van der Waals surface area (Å²) in [6.07, 6.45) is 1.80. The Kier molecular flexibility index (Phi) is 3.67. The SMILES string of the molecule is C=C(C)CS(=O)(=O)N1CCOC2(CCc3ccccc32)C1. The highest BCUT2D eigenvalue weighted by atomic mass is 32.2. The Labute approximate surface area is 126 Å². The first-order chi connectivity index (χ1) is 9.93. The second-order valence-electron chi connectivity index (χ2n) is 6.05. The molecule has 1 saturated heterocycles. The van der Waals surface area contributed by atoms with Gasteiger partial charge in [0.25, 0.3) is 0 Å². The van der Waals surface area contributed by atoms with E-state index in [0.29, 0.717) is 25.3 Å². The Hall–Kier alpha value is -1.17. The van der Waals surface area contributed by atoms with Gasteiger partial charge in [0.15, 0.2) is 0 Å². The van der Waals surface area contributed by atoms with Gasteiger partial charge < -0.3 is 4.74 Å². The standard InChI is InChI=1S/C16H21NO3S/c1-13(2)11-21(18,19)17-9-10-20-16(12-17)8-7-14-5-3-4-6-15(14)16/h3-6H,1,7-12H2,2H3. The maximum absolute atomic E-state index is 12.5. The summed E-state index contributed by atoms with van der Waals surface area (Å²) in [7, 11) is -3.29. The molecule has 0 amide bonds. The van der Waals surface area contributed by atoms with Gasteiger partial charge in [-0.2, -0.15) is 4.31 Å². The third kappa shape index (κ3) is 2.65. The van der Waals surface area contributed by atoms with Crippen LogP contribution in [0.2, 0.25) is 0 Å². The van der Waals surface area contributed by atoms with Crippen LogP contribution in [0.15, 0.2) is 36.4 Å². The number of aryl methyl sites for hydroxylation is 1. The summed E-state index contributed by atoms with van der Waals surface area (Å²) in [6.45, 7) is 6.77. The van der Waals surface area contributed by atoms with Crippen molar-refractivity contribution in [2.24, 2.45) is 0 Å². The molecule has 1 aliphatic heterocycles. The maximum Gasteiger partial charge on any atom is 0.218 e. The highest BCUT2D eigenvalue weighted by Gasteiger charge is 2.45. The summed E-state index contributed by atoms with van der Waals surface area (Å²) in [5.41, 5.74) is 2.64. The number of benzene rings is 1. The summed E-state index contributed by atoms with van der Waals surface area (Å²) in [5, 5.41) is 0. The zero-order valence-electron chi connectivity index (χ0n) is 12.3. The number of hydrogen-bond acceptors (Lipinski definition) is 3. The first-order valence-corrected chi connectivity index (χ1v) is 8.88. The first kappa shape index (κ1) is 14.8. The molecular formula is C16H21NO3S. The number of nitrogens with zero attached hydrogens (tertiary/aromatic N) is 1. The van der Waals surface area contributed by atoms with Gasteiger partial charge in [0.05, 0.1) is 12.4 Å². The fraction of sp³-hybridized carbons (Fsp3) is 0.500. The van der Waals surface area contributed by atoms with Crippen LogP contribution in [0.25, 0.3) is 0 Å². The third-order valence-corrected chi connectivity index (χ3v) is 6.24. The molecule has 5 heteroatoms.